The number of rotatable bonds is 3. The monoisotopic (exact) mass is 306 g/mol. The predicted octanol–water partition coefficient (Wildman–Crippen LogP) is 3.82. The summed E-state index contributed by atoms with van der Waals surface area (Å²) in [4.78, 5) is 26.4. The Labute approximate surface area is 135 Å². The van der Waals surface area contributed by atoms with Gasteiger partial charge in [0.05, 0.1) is 11.7 Å². The SMILES string of the molecule is CC(=O)C1=C(C)N(c2ccccc2)C(=O)N[C@@H]1c1ccccc1. The van der Waals surface area contributed by atoms with Crippen LogP contribution in [0.3, 0.4) is 0 Å². The maximum absolute atomic E-state index is 12.6. The second kappa shape index (κ2) is 6.08. The highest BCUT2D eigenvalue weighted by Gasteiger charge is 2.34. The molecule has 2 amide bonds. The highest BCUT2D eigenvalue weighted by atomic mass is 16.2. The van der Waals surface area contributed by atoms with E-state index < -0.39 is 6.04 Å². The number of anilines is 1. The van der Waals surface area contributed by atoms with Crippen LogP contribution in [0.5, 0.6) is 0 Å². The molecule has 1 aliphatic rings. The smallest absolute Gasteiger partial charge is 0.326 e. The van der Waals surface area contributed by atoms with Crippen LogP contribution in [0.2, 0.25) is 0 Å². The Bertz CT molecular complexity index is 766. The van der Waals surface area contributed by atoms with Gasteiger partial charge >= 0.3 is 6.03 Å². The minimum absolute atomic E-state index is 0.0442. The minimum atomic E-state index is -0.416. The standard InChI is InChI=1S/C19H18N2O2/c1-13-17(14(2)22)18(15-9-5-3-6-10-15)20-19(23)21(13)16-11-7-4-8-12-16/h3-12,18H,1-2H3,(H,20,23)/t18-/m1/s1. The number of amides is 2. The lowest BCUT2D eigenvalue weighted by atomic mass is 9.92. The molecular formula is C19H18N2O2. The van der Waals surface area contributed by atoms with Gasteiger partial charge in [-0.05, 0) is 31.5 Å². The lowest BCUT2D eigenvalue weighted by Gasteiger charge is -2.35. The number of carbonyl (C=O) groups excluding carboxylic acids is 2. The molecule has 1 atom stereocenters. The molecule has 1 heterocycles. The summed E-state index contributed by atoms with van der Waals surface area (Å²) in [6.07, 6.45) is 0. The highest BCUT2D eigenvalue weighted by Crippen LogP contribution is 2.33. The van der Waals surface area contributed by atoms with Gasteiger partial charge in [0.15, 0.2) is 5.78 Å². The van der Waals surface area contributed by atoms with E-state index in [-0.39, 0.29) is 11.8 Å². The van der Waals surface area contributed by atoms with Crippen molar-refractivity contribution in [2.45, 2.75) is 19.9 Å². The van der Waals surface area contributed by atoms with Gasteiger partial charge in [-0.15, -0.1) is 0 Å². The van der Waals surface area contributed by atoms with Crippen LogP contribution in [-0.2, 0) is 4.79 Å². The number of hydrogen-bond donors (Lipinski definition) is 1. The molecule has 0 spiro atoms. The number of allylic oxidation sites excluding steroid dienone is 1. The summed E-state index contributed by atoms with van der Waals surface area (Å²) >= 11 is 0. The maximum atomic E-state index is 12.6. The summed E-state index contributed by atoms with van der Waals surface area (Å²) in [5, 5.41) is 2.95. The topological polar surface area (TPSA) is 49.4 Å². The fraction of sp³-hybridized carbons (Fsp3) is 0.158. The Balaban J connectivity index is 2.12. The fourth-order valence-corrected chi connectivity index (χ4v) is 2.98. The van der Waals surface area contributed by atoms with Crippen molar-refractivity contribution in [2.24, 2.45) is 0 Å². The average Bonchev–Trinajstić information content (AvgIpc) is 2.55. The van der Waals surface area contributed by atoms with Crippen LogP contribution < -0.4 is 10.2 Å². The number of nitrogens with zero attached hydrogens (tertiary/aromatic N) is 1. The molecule has 0 bridgehead atoms. The number of carbonyl (C=O) groups is 2. The molecule has 1 aliphatic heterocycles. The summed E-state index contributed by atoms with van der Waals surface area (Å²) in [7, 11) is 0. The van der Waals surface area contributed by atoms with E-state index in [0.717, 1.165) is 11.3 Å². The maximum Gasteiger partial charge on any atom is 0.326 e. The van der Waals surface area contributed by atoms with Gasteiger partial charge in [0.25, 0.3) is 0 Å². The van der Waals surface area contributed by atoms with Gasteiger partial charge < -0.3 is 5.32 Å². The van der Waals surface area contributed by atoms with Crippen molar-refractivity contribution >= 4 is 17.5 Å². The first-order chi connectivity index (χ1) is 11.1. The third-order valence-electron chi connectivity index (χ3n) is 4.01. The quantitative estimate of drug-likeness (QED) is 0.937. The van der Waals surface area contributed by atoms with Crippen molar-refractivity contribution in [3.63, 3.8) is 0 Å². The van der Waals surface area contributed by atoms with Crippen LogP contribution in [0.4, 0.5) is 10.5 Å². The molecule has 3 rings (SSSR count). The molecule has 0 fully saturated rings. The number of Topliss-reactive ketones (excluding diaryl/α,β-unsaturated/α-hetero) is 1. The second-order valence-corrected chi connectivity index (χ2v) is 5.52. The molecule has 1 N–H and O–H groups in total. The van der Waals surface area contributed by atoms with E-state index >= 15 is 0 Å². The summed E-state index contributed by atoms with van der Waals surface area (Å²) < 4.78 is 0. The van der Waals surface area contributed by atoms with Crippen LogP contribution in [0.15, 0.2) is 71.9 Å². The third-order valence-corrected chi connectivity index (χ3v) is 4.01. The average molecular weight is 306 g/mol. The van der Waals surface area contributed by atoms with Crippen molar-refractivity contribution < 1.29 is 9.59 Å². The first-order valence-corrected chi connectivity index (χ1v) is 7.52. The molecule has 4 heteroatoms. The van der Waals surface area contributed by atoms with E-state index in [2.05, 4.69) is 5.32 Å². The number of benzene rings is 2. The van der Waals surface area contributed by atoms with Gasteiger partial charge in [0, 0.05) is 11.3 Å². The van der Waals surface area contributed by atoms with Crippen LogP contribution in [-0.4, -0.2) is 11.8 Å². The van der Waals surface area contributed by atoms with E-state index in [4.69, 9.17) is 0 Å². The number of ketones is 1. The molecule has 0 radical (unpaired) electrons. The largest absolute Gasteiger partial charge is 0.326 e. The molecule has 2 aromatic carbocycles. The molecule has 23 heavy (non-hydrogen) atoms. The molecule has 0 aromatic heterocycles. The van der Waals surface area contributed by atoms with Gasteiger partial charge in [-0.1, -0.05) is 48.5 Å². The highest BCUT2D eigenvalue weighted by molar-refractivity contribution is 6.04. The summed E-state index contributed by atoms with van der Waals surface area (Å²) in [6, 6.07) is 18.2. The van der Waals surface area contributed by atoms with Crippen molar-refractivity contribution in [3.8, 4) is 0 Å². The molecule has 0 unspecified atom stereocenters. The zero-order valence-corrected chi connectivity index (χ0v) is 13.1. The van der Waals surface area contributed by atoms with Crippen LogP contribution in [0.1, 0.15) is 25.5 Å². The van der Waals surface area contributed by atoms with Gasteiger partial charge in [-0.25, -0.2) is 4.79 Å². The Morgan fingerprint density at radius 1 is 1.00 bits per heavy atom. The van der Waals surface area contributed by atoms with Crippen molar-refractivity contribution in [1.82, 2.24) is 5.32 Å². The normalized spacial score (nSPS) is 17.9. The van der Waals surface area contributed by atoms with Crippen molar-refractivity contribution in [3.05, 3.63) is 77.5 Å². The van der Waals surface area contributed by atoms with Crippen molar-refractivity contribution in [2.75, 3.05) is 4.90 Å². The molecular weight excluding hydrogens is 288 g/mol. The Morgan fingerprint density at radius 3 is 2.13 bits per heavy atom. The lowest BCUT2D eigenvalue weighted by Crippen LogP contribution is -2.47. The Hall–Kier alpha value is -2.88. The third kappa shape index (κ3) is 2.75. The lowest BCUT2D eigenvalue weighted by molar-refractivity contribution is -0.114. The second-order valence-electron chi connectivity index (χ2n) is 5.52. The Kier molecular flexibility index (Phi) is 3.98. The predicted molar refractivity (Wildman–Crippen MR) is 90.0 cm³/mol. The molecule has 0 aliphatic carbocycles. The molecule has 0 saturated carbocycles. The van der Waals surface area contributed by atoms with E-state index in [1.165, 1.54) is 6.92 Å². The number of hydrogen-bond acceptors (Lipinski definition) is 2. The minimum Gasteiger partial charge on any atom is -0.326 e. The molecule has 0 saturated heterocycles. The number of nitrogens with one attached hydrogen (secondary N) is 1. The van der Waals surface area contributed by atoms with Crippen LogP contribution in [0.25, 0.3) is 0 Å². The summed E-state index contributed by atoms with van der Waals surface area (Å²) in [6.45, 7) is 3.35. The fourth-order valence-electron chi connectivity index (χ4n) is 2.98. The van der Waals surface area contributed by atoms with E-state index in [9.17, 15) is 9.59 Å². The van der Waals surface area contributed by atoms with Crippen LogP contribution in [0, 0.1) is 0 Å². The van der Waals surface area contributed by atoms with E-state index in [0.29, 0.717) is 11.3 Å². The van der Waals surface area contributed by atoms with Gasteiger partial charge in [0.2, 0.25) is 0 Å². The Morgan fingerprint density at radius 2 is 1.57 bits per heavy atom. The molecule has 4 nitrogen and oxygen atoms in total. The van der Waals surface area contributed by atoms with Gasteiger partial charge in [0.1, 0.15) is 0 Å². The number of urea groups is 1. The first-order valence-electron chi connectivity index (χ1n) is 7.52. The molecule has 116 valence electrons. The molecule has 2 aromatic rings. The van der Waals surface area contributed by atoms with Gasteiger partial charge in [-0.2, -0.15) is 0 Å². The van der Waals surface area contributed by atoms with Crippen LogP contribution >= 0.6 is 0 Å². The van der Waals surface area contributed by atoms with E-state index in [1.54, 1.807) is 4.90 Å². The zero-order chi connectivity index (χ0) is 16.4. The van der Waals surface area contributed by atoms with Crippen molar-refractivity contribution in [1.29, 1.82) is 0 Å². The first kappa shape index (κ1) is 15.0. The number of para-hydroxylation sites is 1. The van der Waals surface area contributed by atoms with E-state index in [1.807, 2.05) is 67.6 Å². The zero-order valence-electron chi connectivity index (χ0n) is 13.1. The van der Waals surface area contributed by atoms with Gasteiger partial charge in [-0.3, -0.25) is 9.69 Å². The summed E-state index contributed by atoms with van der Waals surface area (Å²) in [5.41, 5.74) is 2.92. The summed E-state index contributed by atoms with van der Waals surface area (Å²) in [5.74, 6) is -0.0442.